The molecule has 0 bridgehead atoms. The molecule has 5 heterocycles. The Morgan fingerprint density at radius 1 is 0.317 bits per heavy atom. The van der Waals surface area contributed by atoms with Gasteiger partial charge in [-0.1, -0.05) is 146 Å². The SMILES string of the molecule is c1ccc(-c2nc(-c3ccccc3)nc(-n3c4ccccc4c4ccc5c6ccccc6n(-c6ccc7c(c6)n6c8ccccc8cc6n7-c6ccccc6)c5c43)n2)cc1. The van der Waals surface area contributed by atoms with Crippen LogP contribution in [0.4, 0.5) is 0 Å². The molecule has 0 aliphatic rings. The highest BCUT2D eigenvalue weighted by Crippen LogP contribution is 2.42. The third kappa shape index (κ3) is 4.68. The number of rotatable bonds is 5. The minimum absolute atomic E-state index is 0.564. The second kappa shape index (κ2) is 12.6. The normalized spacial score (nSPS) is 12.0. The van der Waals surface area contributed by atoms with Crippen molar-refractivity contribution in [2.45, 2.75) is 0 Å². The summed E-state index contributed by atoms with van der Waals surface area (Å²) >= 11 is 0. The quantitative estimate of drug-likeness (QED) is 0.175. The van der Waals surface area contributed by atoms with Crippen LogP contribution in [0.25, 0.3) is 111 Å². The van der Waals surface area contributed by atoms with E-state index in [2.05, 4.69) is 182 Å². The lowest BCUT2D eigenvalue weighted by Gasteiger charge is -2.13. The minimum Gasteiger partial charge on any atom is -0.307 e. The Morgan fingerprint density at radius 3 is 1.50 bits per heavy atom. The maximum atomic E-state index is 5.29. The fourth-order valence-electron chi connectivity index (χ4n) is 9.42. The first-order chi connectivity index (χ1) is 29.8. The van der Waals surface area contributed by atoms with Gasteiger partial charge in [-0.2, -0.15) is 9.97 Å². The highest BCUT2D eigenvalue weighted by molar-refractivity contribution is 6.23. The Kier molecular flexibility index (Phi) is 6.88. The number of para-hydroxylation sites is 4. The molecule has 0 aliphatic heterocycles. The van der Waals surface area contributed by atoms with Crippen molar-refractivity contribution in [1.29, 1.82) is 0 Å². The first kappa shape index (κ1) is 32.8. The second-order valence-corrected chi connectivity index (χ2v) is 15.3. The Bertz CT molecular complexity index is 3760. The summed E-state index contributed by atoms with van der Waals surface area (Å²) in [7, 11) is 0. The van der Waals surface area contributed by atoms with Gasteiger partial charge in [0.2, 0.25) is 5.95 Å². The van der Waals surface area contributed by atoms with Crippen LogP contribution in [-0.4, -0.2) is 33.1 Å². The molecule has 0 atom stereocenters. The molecule has 5 aromatic heterocycles. The number of aromatic nitrogens is 7. The van der Waals surface area contributed by atoms with Gasteiger partial charge in [-0.15, -0.1) is 0 Å². The Balaban J connectivity index is 1.17. The average molecular weight is 768 g/mol. The lowest BCUT2D eigenvalue weighted by Crippen LogP contribution is -2.07. The molecule has 0 amide bonds. The van der Waals surface area contributed by atoms with E-state index in [1.165, 1.54) is 16.3 Å². The van der Waals surface area contributed by atoms with E-state index in [9.17, 15) is 0 Å². The van der Waals surface area contributed by atoms with E-state index < -0.39 is 0 Å². The fourth-order valence-corrected chi connectivity index (χ4v) is 9.42. The van der Waals surface area contributed by atoms with E-state index in [-0.39, 0.29) is 0 Å². The van der Waals surface area contributed by atoms with Gasteiger partial charge in [0.15, 0.2) is 11.6 Å². The highest BCUT2D eigenvalue weighted by Gasteiger charge is 2.24. The zero-order chi connectivity index (χ0) is 39.3. The van der Waals surface area contributed by atoms with Gasteiger partial charge in [0.05, 0.1) is 38.6 Å². The maximum Gasteiger partial charge on any atom is 0.238 e. The second-order valence-electron chi connectivity index (χ2n) is 15.3. The zero-order valence-electron chi connectivity index (χ0n) is 32.2. The summed E-state index contributed by atoms with van der Waals surface area (Å²) < 4.78 is 9.47. The number of nitrogens with zero attached hydrogens (tertiary/aromatic N) is 7. The molecule has 7 heteroatoms. The number of benzene rings is 8. The van der Waals surface area contributed by atoms with Crippen molar-refractivity contribution < 1.29 is 0 Å². The van der Waals surface area contributed by atoms with E-state index in [0.29, 0.717) is 17.6 Å². The van der Waals surface area contributed by atoms with Crippen molar-refractivity contribution in [3.05, 3.63) is 200 Å². The van der Waals surface area contributed by atoms with E-state index in [4.69, 9.17) is 15.0 Å². The van der Waals surface area contributed by atoms with Gasteiger partial charge in [-0.3, -0.25) is 13.5 Å². The van der Waals surface area contributed by atoms with Crippen molar-refractivity contribution in [2.75, 3.05) is 0 Å². The van der Waals surface area contributed by atoms with Gasteiger partial charge in [-0.05, 0) is 54.6 Å². The van der Waals surface area contributed by atoms with Crippen molar-refractivity contribution >= 4 is 71.2 Å². The van der Waals surface area contributed by atoms with Crippen molar-refractivity contribution in [2.24, 2.45) is 0 Å². The molecule has 0 N–H and O–H groups in total. The molecule has 0 unspecified atom stereocenters. The van der Waals surface area contributed by atoms with Crippen molar-refractivity contribution in [1.82, 2.24) is 33.1 Å². The third-order valence-electron chi connectivity index (χ3n) is 12.0. The molecule has 0 fully saturated rings. The van der Waals surface area contributed by atoms with E-state index in [1.54, 1.807) is 0 Å². The van der Waals surface area contributed by atoms with E-state index in [1.807, 2.05) is 36.4 Å². The minimum atomic E-state index is 0.564. The molecule has 13 aromatic rings. The number of fused-ring (bicyclic) bond motifs is 12. The molecular formula is C53H33N7. The van der Waals surface area contributed by atoms with Crippen LogP contribution >= 0.6 is 0 Å². The number of hydrogen-bond donors (Lipinski definition) is 0. The maximum absolute atomic E-state index is 5.29. The number of imidazole rings is 1. The Labute approximate surface area is 343 Å². The van der Waals surface area contributed by atoms with Crippen LogP contribution in [0.3, 0.4) is 0 Å². The average Bonchev–Trinajstić information content (AvgIpc) is 4.05. The summed E-state index contributed by atoms with van der Waals surface area (Å²) in [6.45, 7) is 0. The first-order valence-electron chi connectivity index (χ1n) is 20.2. The summed E-state index contributed by atoms with van der Waals surface area (Å²) in [6.07, 6.45) is 0. The molecule has 0 radical (unpaired) electrons. The van der Waals surface area contributed by atoms with E-state index >= 15 is 0 Å². The molecule has 60 heavy (non-hydrogen) atoms. The molecule has 0 aliphatic carbocycles. The molecule has 7 nitrogen and oxygen atoms in total. The van der Waals surface area contributed by atoms with Crippen LogP contribution < -0.4 is 0 Å². The van der Waals surface area contributed by atoms with Gasteiger partial charge in [-0.25, -0.2) is 4.98 Å². The molecule has 8 aromatic carbocycles. The Morgan fingerprint density at radius 2 is 0.850 bits per heavy atom. The molecule has 13 rings (SSSR count). The number of hydrogen-bond acceptors (Lipinski definition) is 3. The molecule has 0 saturated heterocycles. The van der Waals surface area contributed by atoms with Crippen LogP contribution in [0.15, 0.2) is 200 Å². The molecular weight excluding hydrogens is 735 g/mol. The fraction of sp³-hybridized carbons (Fsp3) is 0. The Hall–Kier alpha value is -8.29. The monoisotopic (exact) mass is 767 g/mol. The zero-order valence-corrected chi connectivity index (χ0v) is 32.2. The van der Waals surface area contributed by atoms with Crippen LogP contribution in [0, 0.1) is 0 Å². The summed E-state index contributed by atoms with van der Waals surface area (Å²) in [6, 6.07) is 70.8. The van der Waals surface area contributed by atoms with Gasteiger partial charge in [0.1, 0.15) is 5.65 Å². The highest BCUT2D eigenvalue weighted by atomic mass is 15.2. The van der Waals surface area contributed by atoms with Crippen LogP contribution in [-0.2, 0) is 0 Å². The van der Waals surface area contributed by atoms with Crippen LogP contribution in [0.5, 0.6) is 0 Å². The van der Waals surface area contributed by atoms with Crippen LogP contribution in [0.2, 0.25) is 0 Å². The van der Waals surface area contributed by atoms with Crippen molar-refractivity contribution in [3.63, 3.8) is 0 Å². The van der Waals surface area contributed by atoms with E-state index in [0.717, 1.165) is 77.4 Å². The third-order valence-corrected chi connectivity index (χ3v) is 12.0. The van der Waals surface area contributed by atoms with Gasteiger partial charge >= 0.3 is 0 Å². The summed E-state index contributed by atoms with van der Waals surface area (Å²) in [5, 5.41) is 5.79. The lowest BCUT2D eigenvalue weighted by atomic mass is 10.1. The summed E-state index contributed by atoms with van der Waals surface area (Å²) in [5.41, 5.74) is 12.9. The standard InChI is InChI=1S/C53H33N7/c1-4-16-34(17-5-1)51-54-52(35-18-6-2-7-19-35)56-53(55-51)60-45-27-15-12-24-40(45)42-30-29-41-39-23-11-14-26-44(39)58(49(41)50(42)60)38-28-31-46-47(33-38)59-43-25-13-10-20-36(43)32-48(59)57(46)37-21-8-3-9-22-37/h1-33H. The van der Waals surface area contributed by atoms with Crippen LogP contribution in [0.1, 0.15) is 0 Å². The smallest absolute Gasteiger partial charge is 0.238 e. The van der Waals surface area contributed by atoms with Gasteiger partial charge in [0, 0.05) is 49.4 Å². The largest absolute Gasteiger partial charge is 0.307 e. The molecule has 280 valence electrons. The predicted molar refractivity (Wildman–Crippen MR) is 245 cm³/mol. The topological polar surface area (TPSA) is 57.9 Å². The summed E-state index contributed by atoms with van der Waals surface area (Å²) in [4.78, 5) is 15.6. The van der Waals surface area contributed by atoms with Crippen molar-refractivity contribution in [3.8, 4) is 40.1 Å². The predicted octanol–water partition coefficient (Wildman–Crippen LogP) is 12.7. The lowest BCUT2D eigenvalue weighted by molar-refractivity contribution is 0.953. The van der Waals surface area contributed by atoms with Gasteiger partial charge < -0.3 is 4.57 Å². The van der Waals surface area contributed by atoms with Gasteiger partial charge in [0.25, 0.3) is 0 Å². The molecule has 0 saturated carbocycles. The first-order valence-corrected chi connectivity index (χ1v) is 20.2. The molecule has 0 spiro atoms. The summed E-state index contributed by atoms with van der Waals surface area (Å²) in [5.74, 6) is 1.80.